The molecule has 2 aromatic heterocycles. The minimum Gasteiger partial charge on any atom is -0.455 e. The van der Waals surface area contributed by atoms with E-state index in [1.54, 1.807) is 43.6 Å². The molecule has 43 heavy (non-hydrogen) atoms. The van der Waals surface area contributed by atoms with E-state index >= 15 is 0 Å². The first-order valence-electron chi connectivity index (χ1n) is 13.6. The molecule has 0 spiro atoms. The fourth-order valence-electron chi connectivity index (χ4n) is 5.21. The first-order chi connectivity index (χ1) is 20.7. The van der Waals surface area contributed by atoms with Crippen LogP contribution in [0.3, 0.4) is 0 Å². The van der Waals surface area contributed by atoms with E-state index in [2.05, 4.69) is 25.3 Å². The van der Waals surface area contributed by atoms with E-state index in [1.807, 2.05) is 30.3 Å². The number of amides is 3. The third-order valence-electron chi connectivity index (χ3n) is 7.34. The predicted molar refractivity (Wildman–Crippen MR) is 153 cm³/mol. The number of nitrogens with one attached hydrogen (secondary N) is 3. The lowest BCUT2D eigenvalue weighted by atomic mass is 10.1. The lowest BCUT2D eigenvalue weighted by Gasteiger charge is -2.25. The molecule has 0 aliphatic carbocycles. The summed E-state index contributed by atoms with van der Waals surface area (Å²) in [5.41, 5.74) is 1.85. The van der Waals surface area contributed by atoms with Crippen LogP contribution in [0.15, 0.2) is 76.8 Å². The summed E-state index contributed by atoms with van der Waals surface area (Å²) in [6.07, 6.45) is 2.19. The Kier molecular flexibility index (Phi) is 8.00. The molecule has 4 aromatic rings. The van der Waals surface area contributed by atoms with Gasteiger partial charge in [-0.15, -0.1) is 0 Å². The van der Waals surface area contributed by atoms with Crippen LogP contribution in [0.4, 0.5) is 8.78 Å². The molecule has 2 aliphatic heterocycles. The number of aromatic amines is 1. The second kappa shape index (κ2) is 12.0. The first-order valence-corrected chi connectivity index (χ1v) is 14.4. The smallest absolute Gasteiger partial charge is 0.345 e. The number of pyridine rings is 1. The molecule has 222 valence electrons. The van der Waals surface area contributed by atoms with E-state index in [1.165, 1.54) is 16.7 Å². The molecule has 2 aliphatic rings. The van der Waals surface area contributed by atoms with Gasteiger partial charge in [-0.2, -0.15) is 8.78 Å². The summed E-state index contributed by atoms with van der Waals surface area (Å²) < 4.78 is 36.6. The average molecular weight is 608 g/mol. The van der Waals surface area contributed by atoms with E-state index in [0.29, 0.717) is 11.5 Å². The van der Waals surface area contributed by atoms with E-state index in [4.69, 9.17) is 4.74 Å². The predicted octanol–water partition coefficient (Wildman–Crippen LogP) is 4.64. The minimum absolute atomic E-state index is 0.111. The number of carbonyl (C=O) groups is 3. The van der Waals surface area contributed by atoms with Crippen LogP contribution in [0.5, 0.6) is 11.5 Å². The number of hydrogen-bond donors (Lipinski definition) is 3. The molecule has 3 amide bonds. The topological polar surface area (TPSA) is 126 Å². The van der Waals surface area contributed by atoms with Gasteiger partial charge >= 0.3 is 6.61 Å². The maximum Gasteiger partial charge on any atom is 0.345 e. The number of rotatable bonds is 8. The standard InChI is InChI=1S/C30H27F2N5O5S/c1-16(21-10-18-13-33-9-8-20(18)36-21)35-29(40)22-12-19(41-30(31)32)15-37(22)27(38)14-34-28(39)17-6-7-26-24(11-17)42-23-4-2-3-5-25(23)43-26/h2-11,13,16,19,22,30,36H,12,14-15H2,1H3,(H,34,39)(H,35,40)/t16-,19-,22+/m1/s1. The second-order valence-corrected chi connectivity index (χ2v) is 11.3. The van der Waals surface area contributed by atoms with Crippen molar-refractivity contribution in [2.75, 3.05) is 13.1 Å². The summed E-state index contributed by atoms with van der Waals surface area (Å²) in [7, 11) is 0. The Balaban J connectivity index is 1.11. The summed E-state index contributed by atoms with van der Waals surface area (Å²) in [6.45, 7) is -1.94. The fraction of sp³-hybridized carbons (Fsp3) is 0.267. The van der Waals surface area contributed by atoms with Crippen LogP contribution in [0, 0.1) is 0 Å². The second-order valence-electron chi connectivity index (χ2n) is 10.2. The van der Waals surface area contributed by atoms with E-state index in [9.17, 15) is 23.2 Å². The Hall–Kier alpha value is -4.49. The first kappa shape index (κ1) is 28.6. The zero-order valence-corrected chi connectivity index (χ0v) is 23.7. The van der Waals surface area contributed by atoms with Gasteiger partial charge in [0, 0.05) is 47.5 Å². The van der Waals surface area contributed by atoms with Gasteiger partial charge in [0.1, 0.15) is 17.5 Å². The van der Waals surface area contributed by atoms with Gasteiger partial charge in [-0.25, -0.2) is 0 Å². The van der Waals surface area contributed by atoms with Gasteiger partial charge in [-0.05, 0) is 49.4 Å². The van der Waals surface area contributed by atoms with Gasteiger partial charge in [-0.1, -0.05) is 23.9 Å². The SMILES string of the molecule is C[C@@H](NC(=O)[C@@H]1C[C@@H](OC(F)F)CN1C(=O)CNC(=O)c1ccc2c(c1)Oc1ccccc1S2)c1cc2cnccc2[nH]1. The highest BCUT2D eigenvalue weighted by Gasteiger charge is 2.41. The maximum absolute atomic E-state index is 13.3. The highest BCUT2D eigenvalue weighted by Crippen LogP contribution is 2.46. The third-order valence-corrected chi connectivity index (χ3v) is 8.46. The van der Waals surface area contributed by atoms with Gasteiger partial charge in [0.05, 0.1) is 28.5 Å². The number of fused-ring (bicyclic) bond motifs is 3. The van der Waals surface area contributed by atoms with Gasteiger partial charge in [0.15, 0.2) is 0 Å². The Labute approximate surface area is 249 Å². The normalized spacial score (nSPS) is 18.1. The van der Waals surface area contributed by atoms with Crippen molar-refractivity contribution in [1.82, 2.24) is 25.5 Å². The summed E-state index contributed by atoms with van der Waals surface area (Å²) in [5.74, 6) is -0.439. The monoisotopic (exact) mass is 607 g/mol. The van der Waals surface area contributed by atoms with Gasteiger partial charge < -0.3 is 30.0 Å². The quantitative estimate of drug-likeness (QED) is 0.235. The number of alkyl halides is 2. The molecule has 1 fully saturated rings. The fourth-order valence-corrected chi connectivity index (χ4v) is 6.14. The van der Waals surface area contributed by atoms with E-state index < -0.39 is 49.1 Å². The number of hydrogen-bond acceptors (Lipinski definition) is 7. The van der Waals surface area contributed by atoms with Gasteiger partial charge in [0.25, 0.3) is 5.91 Å². The Bertz CT molecular complexity index is 1670. The molecule has 0 saturated carbocycles. The summed E-state index contributed by atoms with van der Waals surface area (Å²) in [5, 5.41) is 6.30. The summed E-state index contributed by atoms with van der Waals surface area (Å²) in [4.78, 5) is 49.7. The number of aromatic nitrogens is 2. The Morgan fingerprint density at radius 1 is 1.14 bits per heavy atom. The molecule has 3 N–H and O–H groups in total. The molecule has 10 nitrogen and oxygen atoms in total. The Morgan fingerprint density at radius 3 is 2.77 bits per heavy atom. The van der Waals surface area contributed by atoms with Crippen molar-refractivity contribution in [3.63, 3.8) is 0 Å². The number of para-hydroxylation sites is 1. The van der Waals surface area contributed by atoms with Crippen LogP contribution >= 0.6 is 11.8 Å². The Morgan fingerprint density at radius 2 is 1.95 bits per heavy atom. The third kappa shape index (κ3) is 6.18. The molecule has 4 heterocycles. The molecule has 6 rings (SSSR count). The number of halogens is 2. The van der Waals surface area contributed by atoms with Crippen LogP contribution in [0.1, 0.15) is 35.4 Å². The maximum atomic E-state index is 13.3. The number of likely N-dealkylation sites (tertiary alicyclic amines) is 1. The summed E-state index contributed by atoms with van der Waals surface area (Å²) >= 11 is 1.52. The van der Waals surface area contributed by atoms with Crippen LogP contribution in [0.2, 0.25) is 0 Å². The molecule has 3 atom stereocenters. The van der Waals surface area contributed by atoms with E-state index in [-0.39, 0.29) is 18.5 Å². The van der Waals surface area contributed by atoms with Crippen molar-refractivity contribution in [1.29, 1.82) is 0 Å². The number of H-pyrrole nitrogens is 1. The van der Waals surface area contributed by atoms with Crippen molar-refractivity contribution in [2.24, 2.45) is 0 Å². The summed E-state index contributed by atoms with van der Waals surface area (Å²) in [6, 6.07) is 14.7. The highest BCUT2D eigenvalue weighted by molar-refractivity contribution is 7.99. The van der Waals surface area contributed by atoms with Crippen molar-refractivity contribution in [3.05, 3.63) is 78.2 Å². The molecule has 13 heteroatoms. The van der Waals surface area contributed by atoms with Gasteiger partial charge in [-0.3, -0.25) is 19.4 Å². The van der Waals surface area contributed by atoms with Crippen molar-refractivity contribution in [3.8, 4) is 11.5 Å². The largest absolute Gasteiger partial charge is 0.455 e. The molecule has 1 saturated heterocycles. The van der Waals surface area contributed by atoms with Crippen molar-refractivity contribution < 1.29 is 32.6 Å². The van der Waals surface area contributed by atoms with Crippen LogP contribution < -0.4 is 15.4 Å². The highest BCUT2D eigenvalue weighted by atomic mass is 32.2. The number of nitrogens with zero attached hydrogens (tertiary/aromatic N) is 2. The molecule has 0 radical (unpaired) electrons. The molecule has 2 aromatic carbocycles. The number of ether oxygens (including phenoxy) is 2. The van der Waals surface area contributed by atoms with Gasteiger partial charge in [0.2, 0.25) is 11.8 Å². The van der Waals surface area contributed by atoms with E-state index in [0.717, 1.165) is 26.4 Å². The lowest BCUT2D eigenvalue weighted by Crippen LogP contribution is -2.49. The average Bonchev–Trinajstić information content (AvgIpc) is 3.63. The van der Waals surface area contributed by atoms with Crippen molar-refractivity contribution >= 4 is 40.4 Å². The zero-order chi connectivity index (χ0) is 30.1. The lowest BCUT2D eigenvalue weighted by molar-refractivity contribution is -0.160. The van der Waals surface area contributed by atoms with Crippen LogP contribution in [-0.2, 0) is 14.3 Å². The van der Waals surface area contributed by atoms with Crippen LogP contribution in [-0.4, -0.2) is 64.4 Å². The zero-order valence-electron chi connectivity index (χ0n) is 22.9. The molecule has 0 bridgehead atoms. The number of carbonyl (C=O) groups excluding carboxylic acids is 3. The molecular formula is C30H27F2N5O5S. The molecule has 0 unspecified atom stereocenters. The molecular weight excluding hydrogens is 580 g/mol. The minimum atomic E-state index is -3.06. The van der Waals surface area contributed by atoms with Crippen LogP contribution in [0.25, 0.3) is 10.9 Å². The number of benzene rings is 2. The van der Waals surface area contributed by atoms with Crippen molar-refractivity contribution in [2.45, 2.75) is 47.9 Å².